The van der Waals surface area contributed by atoms with Gasteiger partial charge in [-0.2, -0.15) is 0 Å². The fourth-order valence-corrected chi connectivity index (χ4v) is 2.06. The van der Waals surface area contributed by atoms with E-state index in [9.17, 15) is 4.39 Å². The monoisotopic (exact) mass is 300 g/mol. The van der Waals surface area contributed by atoms with Gasteiger partial charge in [0.05, 0.1) is 5.56 Å². The number of benzene rings is 1. The molecule has 22 heavy (non-hydrogen) atoms. The van der Waals surface area contributed by atoms with Gasteiger partial charge >= 0.3 is 5.95 Å². The molecule has 2 aromatic heterocycles. The van der Waals surface area contributed by atoms with E-state index in [1.807, 2.05) is 12.1 Å². The van der Waals surface area contributed by atoms with Crippen molar-refractivity contribution < 1.29 is 18.4 Å². The van der Waals surface area contributed by atoms with Crippen LogP contribution in [0.1, 0.15) is 0 Å². The Bertz CT molecular complexity index is 742. The summed E-state index contributed by atoms with van der Waals surface area (Å²) in [6.45, 7) is 0.0378. The summed E-state index contributed by atoms with van der Waals surface area (Å²) in [6.07, 6.45) is 3.33. The molecule has 3 rings (SSSR count). The van der Waals surface area contributed by atoms with E-state index in [2.05, 4.69) is 10.1 Å². The molecular weight excluding hydrogens is 287 g/mol. The van der Waals surface area contributed by atoms with Gasteiger partial charge in [0.1, 0.15) is 11.5 Å². The first-order chi connectivity index (χ1) is 10.8. The first-order valence-corrected chi connectivity index (χ1v) is 6.57. The minimum absolute atomic E-state index is 0.0378. The summed E-state index contributed by atoms with van der Waals surface area (Å²) in [7, 11) is 1.52. The minimum atomic E-state index is -0.312. The number of halogens is 1. The van der Waals surface area contributed by atoms with E-state index in [1.165, 1.54) is 19.2 Å². The molecule has 0 saturated heterocycles. The molecule has 1 aromatic carbocycles. The zero-order valence-electron chi connectivity index (χ0n) is 11.8. The molecule has 2 heterocycles. The van der Waals surface area contributed by atoms with Crippen molar-refractivity contribution in [1.29, 1.82) is 0 Å². The number of nitrogens with zero attached hydrogens (tertiary/aromatic N) is 2. The Hall–Kier alpha value is -2.73. The Balaban J connectivity index is 2.10. The molecule has 0 aliphatic heterocycles. The van der Waals surface area contributed by atoms with Crippen molar-refractivity contribution >= 4 is 0 Å². The summed E-state index contributed by atoms with van der Waals surface area (Å²) in [5.41, 5.74) is 2.80. The van der Waals surface area contributed by atoms with Crippen molar-refractivity contribution in [2.24, 2.45) is 0 Å². The van der Waals surface area contributed by atoms with E-state index in [0.717, 1.165) is 11.1 Å². The van der Waals surface area contributed by atoms with Gasteiger partial charge in [0, 0.05) is 25.1 Å². The molecular formula is C16H13FN2O3. The van der Waals surface area contributed by atoms with Gasteiger partial charge in [-0.25, -0.2) is 4.39 Å². The molecule has 0 aliphatic carbocycles. The van der Waals surface area contributed by atoms with Gasteiger partial charge in [-0.3, -0.25) is 4.98 Å². The fraction of sp³-hybridized carbons (Fsp3) is 0.125. The Morgan fingerprint density at radius 1 is 1.05 bits per heavy atom. The van der Waals surface area contributed by atoms with E-state index in [4.69, 9.17) is 14.0 Å². The lowest BCUT2D eigenvalue weighted by molar-refractivity contribution is 0.0303. The van der Waals surface area contributed by atoms with Gasteiger partial charge in [-0.1, -0.05) is 5.16 Å². The van der Waals surface area contributed by atoms with E-state index in [1.54, 1.807) is 24.5 Å². The average molecular weight is 300 g/mol. The lowest BCUT2D eigenvalue weighted by Gasteiger charge is -2.05. The van der Waals surface area contributed by atoms with Crippen LogP contribution >= 0.6 is 0 Å². The second kappa shape index (κ2) is 6.36. The van der Waals surface area contributed by atoms with Crippen LogP contribution in [0.4, 0.5) is 4.39 Å². The van der Waals surface area contributed by atoms with E-state index < -0.39 is 0 Å². The average Bonchev–Trinajstić information content (AvgIpc) is 2.98. The van der Waals surface area contributed by atoms with Crippen LogP contribution in [0, 0.1) is 5.82 Å². The number of pyridine rings is 1. The van der Waals surface area contributed by atoms with Gasteiger partial charge in [0.15, 0.2) is 6.79 Å². The maximum absolute atomic E-state index is 13.1. The first-order valence-electron chi connectivity index (χ1n) is 6.57. The Labute approximate surface area is 126 Å². The highest BCUT2D eigenvalue weighted by atomic mass is 19.1. The van der Waals surface area contributed by atoms with E-state index >= 15 is 0 Å². The van der Waals surface area contributed by atoms with Crippen LogP contribution < -0.4 is 4.74 Å². The number of rotatable bonds is 5. The number of aromatic nitrogens is 2. The minimum Gasteiger partial charge on any atom is -0.436 e. The molecule has 0 aliphatic rings. The quantitative estimate of drug-likeness (QED) is 0.675. The van der Waals surface area contributed by atoms with E-state index in [-0.39, 0.29) is 18.6 Å². The van der Waals surface area contributed by atoms with Gasteiger partial charge in [0.2, 0.25) is 0 Å². The SMILES string of the molecule is COCOc1onc(-c2ccc(F)cc2)c1-c1ccncc1. The van der Waals surface area contributed by atoms with Crippen LogP contribution in [0.25, 0.3) is 22.4 Å². The molecule has 0 atom stereocenters. The summed E-state index contributed by atoms with van der Waals surface area (Å²) in [5, 5.41) is 4.05. The Morgan fingerprint density at radius 2 is 1.77 bits per heavy atom. The smallest absolute Gasteiger partial charge is 0.321 e. The Morgan fingerprint density at radius 3 is 2.45 bits per heavy atom. The largest absolute Gasteiger partial charge is 0.436 e. The summed E-state index contributed by atoms with van der Waals surface area (Å²) < 4.78 is 28.7. The lowest BCUT2D eigenvalue weighted by Crippen LogP contribution is -1.99. The van der Waals surface area contributed by atoms with Crippen LogP contribution in [0.3, 0.4) is 0 Å². The predicted octanol–water partition coefficient (Wildman–Crippen LogP) is 3.53. The standard InChI is InChI=1S/C16H13FN2O3/c1-20-10-21-16-14(11-6-8-18-9-7-11)15(19-22-16)12-2-4-13(17)5-3-12/h2-9H,10H2,1H3. The molecule has 0 unspecified atom stereocenters. The van der Waals surface area contributed by atoms with Gasteiger partial charge in [-0.15, -0.1) is 0 Å². The molecule has 0 fully saturated rings. The zero-order chi connectivity index (χ0) is 15.4. The maximum Gasteiger partial charge on any atom is 0.321 e. The van der Waals surface area contributed by atoms with E-state index in [0.29, 0.717) is 11.3 Å². The van der Waals surface area contributed by atoms with Gasteiger partial charge in [0.25, 0.3) is 0 Å². The first kappa shape index (κ1) is 14.2. The van der Waals surface area contributed by atoms with Crippen LogP contribution in [0.5, 0.6) is 5.95 Å². The number of ether oxygens (including phenoxy) is 2. The van der Waals surface area contributed by atoms with Crippen LogP contribution in [-0.4, -0.2) is 24.0 Å². The van der Waals surface area contributed by atoms with Gasteiger partial charge in [-0.05, 0) is 42.0 Å². The van der Waals surface area contributed by atoms with Crippen molar-refractivity contribution in [3.8, 4) is 28.3 Å². The molecule has 3 aromatic rings. The van der Waals surface area contributed by atoms with Crippen LogP contribution in [0.15, 0.2) is 53.3 Å². The fourth-order valence-electron chi connectivity index (χ4n) is 2.06. The number of hydrogen-bond donors (Lipinski definition) is 0. The third-order valence-corrected chi connectivity index (χ3v) is 3.06. The number of hydrogen-bond acceptors (Lipinski definition) is 5. The summed E-state index contributed by atoms with van der Waals surface area (Å²) in [4.78, 5) is 3.99. The third-order valence-electron chi connectivity index (χ3n) is 3.06. The normalized spacial score (nSPS) is 10.6. The van der Waals surface area contributed by atoms with Crippen molar-refractivity contribution in [2.45, 2.75) is 0 Å². The molecule has 0 saturated carbocycles. The molecule has 6 heteroatoms. The van der Waals surface area contributed by atoms with Gasteiger partial charge < -0.3 is 14.0 Å². The van der Waals surface area contributed by atoms with Crippen molar-refractivity contribution in [1.82, 2.24) is 10.1 Å². The molecule has 112 valence electrons. The summed E-state index contributed by atoms with van der Waals surface area (Å²) >= 11 is 0. The predicted molar refractivity (Wildman–Crippen MR) is 77.6 cm³/mol. The molecule has 0 amide bonds. The highest BCUT2D eigenvalue weighted by Gasteiger charge is 2.20. The van der Waals surface area contributed by atoms with Crippen LogP contribution in [-0.2, 0) is 4.74 Å². The molecule has 0 spiro atoms. The zero-order valence-corrected chi connectivity index (χ0v) is 11.8. The summed E-state index contributed by atoms with van der Waals surface area (Å²) in [5.74, 6) is -0.0686. The molecule has 0 radical (unpaired) electrons. The topological polar surface area (TPSA) is 57.4 Å². The maximum atomic E-state index is 13.1. The summed E-state index contributed by atoms with van der Waals surface area (Å²) in [6, 6.07) is 9.65. The Kier molecular flexibility index (Phi) is 4.11. The molecule has 0 bridgehead atoms. The van der Waals surface area contributed by atoms with Crippen molar-refractivity contribution in [2.75, 3.05) is 13.9 Å². The van der Waals surface area contributed by atoms with Crippen LogP contribution in [0.2, 0.25) is 0 Å². The number of methoxy groups -OCH3 is 1. The lowest BCUT2D eigenvalue weighted by atomic mass is 10.0. The molecule has 0 N–H and O–H groups in total. The third kappa shape index (κ3) is 2.82. The highest BCUT2D eigenvalue weighted by Crippen LogP contribution is 2.38. The highest BCUT2D eigenvalue weighted by molar-refractivity contribution is 5.83. The second-order valence-electron chi connectivity index (χ2n) is 4.49. The van der Waals surface area contributed by atoms with Crippen molar-refractivity contribution in [3.05, 3.63) is 54.6 Å². The second-order valence-corrected chi connectivity index (χ2v) is 4.49. The van der Waals surface area contributed by atoms with Crippen molar-refractivity contribution in [3.63, 3.8) is 0 Å². The molecule has 5 nitrogen and oxygen atoms in total.